The molecule has 154 valence electrons. The highest BCUT2D eigenvalue weighted by molar-refractivity contribution is 6.05. The molecule has 0 spiro atoms. The van der Waals surface area contributed by atoms with Crippen LogP contribution in [0, 0.1) is 6.92 Å². The quantitative estimate of drug-likeness (QED) is 0.619. The first kappa shape index (κ1) is 21.2. The van der Waals surface area contributed by atoms with E-state index in [-0.39, 0.29) is 11.8 Å². The molecule has 0 saturated heterocycles. The molecule has 2 aromatic carbocycles. The zero-order chi connectivity index (χ0) is 21.3. The standard InChI is InChI=1S/C24H25N3O3/c1-18-11-12-20(16-22(18)26-23(28)19-8-4-3-5-9-19)24(29)27(14-15-30-2)17-21-10-6-7-13-25-21/h3-13,16H,14-15,17H2,1-2H3,(H,26,28). The monoisotopic (exact) mass is 403 g/mol. The molecule has 1 aromatic heterocycles. The molecule has 0 aliphatic heterocycles. The zero-order valence-electron chi connectivity index (χ0n) is 17.2. The van der Waals surface area contributed by atoms with Gasteiger partial charge in [0.15, 0.2) is 0 Å². The summed E-state index contributed by atoms with van der Waals surface area (Å²) in [6, 6.07) is 19.9. The fraction of sp³-hybridized carbons (Fsp3) is 0.208. The molecule has 0 saturated carbocycles. The second-order valence-corrected chi connectivity index (χ2v) is 6.89. The summed E-state index contributed by atoms with van der Waals surface area (Å²) in [6.45, 7) is 3.13. The fourth-order valence-electron chi connectivity index (χ4n) is 3.00. The number of amides is 2. The average Bonchev–Trinajstić information content (AvgIpc) is 2.79. The molecule has 6 nitrogen and oxygen atoms in total. The second kappa shape index (κ2) is 10.3. The van der Waals surface area contributed by atoms with E-state index in [4.69, 9.17) is 4.74 Å². The Morgan fingerprint density at radius 2 is 1.77 bits per heavy atom. The third kappa shape index (κ3) is 5.52. The SMILES string of the molecule is COCCN(Cc1ccccn1)C(=O)c1ccc(C)c(NC(=O)c2ccccc2)c1. The van der Waals surface area contributed by atoms with E-state index >= 15 is 0 Å². The van der Waals surface area contributed by atoms with E-state index in [9.17, 15) is 9.59 Å². The minimum atomic E-state index is -0.215. The van der Waals surface area contributed by atoms with E-state index in [0.29, 0.717) is 36.5 Å². The largest absolute Gasteiger partial charge is 0.383 e. The molecular weight excluding hydrogens is 378 g/mol. The van der Waals surface area contributed by atoms with Crippen LogP contribution in [0.5, 0.6) is 0 Å². The number of methoxy groups -OCH3 is 1. The third-order valence-corrected chi connectivity index (χ3v) is 4.70. The number of carbonyl (C=O) groups is 2. The number of benzene rings is 2. The van der Waals surface area contributed by atoms with Gasteiger partial charge < -0.3 is 15.0 Å². The lowest BCUT2D eigenvalue weighted by molar-refractivity contribution is 0.0678. The van der Waals surface area contributed by atoms with Crippen molar-refractivity contribution < 1.29 is 14.3 Å². The van der Waals surface area contributed by atoms with Gasteiger partial charge in [-0.2, -0.15) is 0 Å². The molecule has 6 heteroatoms. The number of ether oxygens (including phenoxy) is 1. The van der Waals surface area contributed by atoms with Gasteiger partial charge in [-0.15, -0.1) is 0 Å². The predicted octanol–water partition coefficient (Wildman–Crippen LogP) is 3.93. The van der Waals surface area contributed by atoms with Crippen LogP contribution < -0.4 is 5.32 Å². The van der Waals surface area contributed by atoms with E-state index < -0.39 is 0 Å². The Morgan fingerprint density at radius 3 is 2.47 bits per heavy atom. The van der Waals surface area contributed by atoms with Gasteiger partial charge in [0.05, 0.1) is 18.8 Å². The van der Waals surface area contributed by atoms with Crippen molar-refractivity contribution in [3.05, 3.63) is 95.3 Å². The Labute approximate surface area is 176 Å². The van der Waals surface area contributed by atoms with Crippen LogP contribution in [-0.2, 0) is 11.3 Å². The molecular formula is C24H25N3O3. The van der Waals surface area contributed by atoms with Crippen molar-refractivity contribution >= 4 is 17.5 Å². The van der Waals surface area contributed by atoms with E-state index in [2.05, 4.69) is 10.3 Å². The maximum Gasteiger partial charge on any atom is 0.255 e. The average molecular weight is 403 g/mol. The summed E-state index contributed by atoms with van der Waals surface area (Å²) in [5.74, 6) is -0.360. The van der Waals surface area contributed by atoms with E-state index in [1.165, 1.54) is 0 Å². The lowest BCUT2D eigenvalue weighted by Gasteiger charge is -2.23. The van der Waals surface area contributed by atoms with Crippen LogP contribution in [0.2, 0.25) is 0 Å². The highest BCUT2D eigenvalue weighted by Crippen LogP contribution is 2.20. The Hall–Kier alpha value is -3.51. The van der Waals surface area contributed by atoms with Crippen LogP contribution in [0.4, 0.5) is 5.69 Å². The molecule has 0 aliphatic carbocycles. The van der Waals surface area contributed by atoms with Gasteiger partial charge in [-0.1, -0.05) is 30.3 Å². The van der Waals surface area contributed by atoms with Crippen molar-refractivity contribution in [1.29, 1.82) is 0 Å². The second-order valence-electron chi connectivity index (χ2n) is 6.89. The Balaban J connectivity index is 1.81. The maximum atomic E-state index is 13.2. The molecule has 30 heavy (non-hydrogen) atoms. The number of aromatic nitrogens is 1. The van der Waals surface area contributed by atoms with Gasteiger partial charge >= 0.3 is 0 Å². The molecule has 0 unspecified atom stereocenters. The Bertz CT molecular complexity index is 991. The summed E-state index contributed by atoms with van der Waals surface area (Å²) in [4.78, 5) is 31.7. The highest BCUT2D eigenvalue weighted by atomic mass is 16.5. The minimum absolute atomic E-state index is 0.145. The van der Waals surface area contributed by atoms with Gasteiger partial charge in [0.1, 0.15) is 0 Å². The first-order valence-electron chi connectivity index (χ1n) is 9.73. The van der Waals surface area contributed by atoms with Gasteiger partial charge in [0.2, 0.25) is 0 Å². The normalized spacial score (nSPS) is 10.5. The smallest absolute Gasteiger partial charge is 0.255 e. The number of hydrogen-bond acceptors (Lipinski definition) is 4. The molecule has 3 aromatic rings. The topological polar surface area (TPSA) is 71.5 Å². The fourth-order valence-corrected chi connectivity index (χ4v) is 3.00. The van der Waals surface area contributed by atoms with Crippen molar-refractivity contribution in [2.75, 3.05) is 25.6 Å². The summed E-state index contributed by atoms with van der Waals surface area (Å²) >= 11 is 0. The van der Waals surface area contributed by atoms with Gasteiger partial charge in [-0.3, -0.25) is 14.6 Å². The number of rotatable bonds is 8. The first-order chi connectivity index (χ1) is 14.6. The minimum Gasteiger partial charge on any atom is -0.383 e. The molecule has 0 radical (unpaired) electrons. The molecule has 2 amide bonds. The lowest BCUT2D eigenvalue weighted by atomic mass is 10.1. The predicted molar refractivity (Wildman–Crippen MR) is 116 cm³/mol. The van der Waals surface area contributed by atoms with Crippen molar-refractivity contribution in [2.24, 2.45) is 0 Å². The molecule has 1 N–H and O–H groups in total. The lowest BCUT2D eigenvalue weighted by Crippen LogP contribution is -2.33. The number of anilines is 1. The van der Waals surface area contributed by atoms with Gasteiger partial charge in [0, 0.05) is 36.7 Å². The Kier molecular flexibility index (Phi) is 7.29. The summed E-state index contributed by atoms with van der Waals surface area (Å²) in [5, 5.41) is 2.91. The maximum absolute atomic E-state index is 13.2. The van der Waals surface area contributed by atoms with Crippen molar-refractivity contribution in [2.45, 2.75) is 13.5 Å². The van der Waals surface area contributed by atoms with Crippen LogP contribution in [0.1, 0.15) is 32.0 Å². The third-order valence-electron chi connectivity index (χ3n) is 4.70. The number of aryl methyl sites for hydroxylation is 1. The van der Waals surface area contributed by atoms with Crippen LogP contribution in [0.15, 0.2) is 72.9 Å². The van der Waals surface area contributed by atoms with E-state index in [1.807, 2.05) is 49.4 Å². The van der Waals surface area contributed by atoms with E-state index in [1.54, 1.807) is 42.5 Å². The molecule has 1 heterocycles. The van der Waals surface area contributed by atoms with Gasteiger partial charge in [-0.05, 0) is 48.9 Å². The summed E-state index contributed by atoms with van der Waals surface area (Å²) < 4.78 is 5.17. The number of hydrogen-bond donors (Lipinski definition) is 1. The zero-order valence-corrected chi connectivity index (χ0v) is 17.2. The number of pyridine rings is 1. The van der Waals surface area contributed by atoms with Gasteiger partial charge in [-0.25, -0.2) is 0 Å². The Morgan fingerprint density at radius 1 is 1.00 bits per heavy atom. The molecule has 0 fully saturated rings. The highest BCUT2D eigenvalue weighted by Gasteiger charge is 2.18. The molecule has 0 atom stereocenters. The van der Waals surface area contributed by atoms with Crippen LogP contribution >= 0.6 is 0 Å². The molecule has 0 bridgehead atoms. The first-order valence-corrected chi connectivity index (χ1v) is 9.73. The number of nitrogens with one attached hydrogen (secondary N) is 1. The van der Waals surface area contributed by atoms with Crippen molar-refractivity contribution in [3.63, 3.8) is 0 Å². The van der Waals surface area contributed by atoms with Crippen LogP contribution in [0.3, 0.4) is 0 Å². The number of nitrogens with zero attached hydrogens (tertiary/aromatic N) is 2. The number of carbonyl (C=O) groups excluding carboxylic acids is 2. The van der Waals surface area contributed by atoms with Crippen molar-refractivity contribution in [1.82, 2.24) is 9.88 Å². The molecule has 3 rings (SSSR count). The van der Waals surface area contributed by atoms with E-state index in [0.717, 1.165) is 11.3 Å². The summed E-state index contributed by atoms with van der Waals surface area (Å²) in [5.41, 5.74) is 3.34. The molecule has 0 aliphatic rings. The van der Waals surface area contributed by atoms with Crippen LogP contribution in [0.25, 0.3) is 0 Å². The van der Waals surface area contributed by atoms with Gasteiger partial charge in [0.25, 0.3) is 11.8 Å². The summed E-state index contributed by atoms with van der Waals surface area (Å²) in [7, 11) is 1.60. The van der Waals surface area contributed by atoms with Crippen LogP contribution in [-0.4, -0.2) is 42.0 Å². The van der Waals surface area contributed by atoms with Crippen molar-refractivity contribution in [3.8, 4) is 0 Å². The summed E-state index contributed by atoms with van der Waals surface area (Å²) in [6.07, 6.45) is 1.71.